The summed E-state index contributed by atoms with van der Waals surface area (Å²) in [5.74, 6) is 1.30. The second kappa shape index (κ2) is 22.6. The molecule has 0 aliphatic carbocycles. The van der Waals surface area contributed by atoms with Crippen molar-refractivity contribution in [2.45, 2.75) is 115 Å². The number of nitriles is 1. The maximum atomic E-state index is 13.5. The van der Waals surface area contributed by atoms with Crippen molar-refractivity contribution in [3.8, 4) is 17.6 Å². The first kappa shape index (κ1) is 52.2. The van der Waals surface area contributed by atoms with Crippen LogP contribution in [-0.2, 0) is 28.5 Å². The van der Waals surface area contributed by atoms with Gasteiger partial charge in [0, 0.05) is 17.6 Å². The van der Waals surface area contributed by atoms with Gasteiger partial charge in [-0.25, -0.2) is 19.6 Å². The Bertz CT molecular complexity index is 2620. The topological polar surface area (TPSA) is 164 Å². The van der Waals surface area contributed by atoms with Gasteiger partial charge in [-0.3, -0.25) is 9.36 Å². The fourth-order valence-corrected chi connectivity index (χ4v) is 11.5. The van der Waals surface area contributed by atoms with Crippen molar-refractivity contribution < 1.29 is 37.2 Å². The summed E-state index contributed by atoms with van der Waals surface area (Å²) in [7, 11) is -1.19. The average molecular weight is 988 g/mol. The van der Waals surface area contributed by atoms with E-state index in [-0.39, 0.29) is 48.5 Å². The maximum absolute atomic E-state index is 13.5. The summed E-state index contributed by atoms with van der Waals surface area (Å²) >= 11 is 0. The molecule has 1 saturated heterocycles. The number of benzene rings is 4. The van der Waals surface area contributed by atoms with E-state index >= 15 is 0 Å². The molecule has 1 N–H and O–H groups in total. The monoisotopic (exact) mass is 987 g/mol. The Hall–Kier alpha value is -5.60. The lowest BCUT2D eigenvalue weighted by atomic mass is 9.80. The highest BCUT2D eigenvalue weighted by Crippen LogP contribution is 2.53. The first-order valence-corrected chi connectivity index (χ1v) is 27.7. The molecule has 17 heteroatoms. The number of hydrogen-bond donors (Lipinski definition) is 1. The number of anilines is 1. The third-order valence-corrected chi connectivity index (χ3v) is 19.5. The molecule has 7 rings (SSSR count). The molecule has 15 nitrogen and oxygen atoms in total. The van der Waals surface area contributed by atoms with Gasteiger partial charge in [-0.1, -0.05) is 93.6 Å². The number of amides is 1. The second-order valence-electron chi connectivity index (χ2n) is 19.2. The largest absolute Gasteiger partial charge is 0.497 e. The normalized spacial score (nSPS) is 18.1. The molecule has 2 unspecified atom stereocenters. The molecular formula is C53H66N7O8PSi. The van der Waals surface area contributed by atoms with Gasteiger partial charge < -0.3 is 37.7 Å². The molecule has 1 aliphatic heterocycles. The number of methoxy groups -OCH3 is 2. The molecule has 3 heterocycles. The Morgan fingerprint density at radius 2 is 1.40 bits per heavy atom. The molecule has 1 amide bonds. The van der Waals surface area contributed by atoms with Crippen LogP contribution in [0, 0.1) is 11.3 Å². The van der Waals surface area contributed by atoms with Crippen LogP contribution in [0.3, 0.4) is 0 Å². The molecular weight excluding hydrogens is 922 g/mol. The van der Waals surface area contributed by atoms with Crippen molar-refractivity contribution in [1.29, 1.82) is 5.26 Å². The molecule has 0 spiro atoms. The summed E-state index contributed by atoms with van der Waals surface area (Å²) in [6, 6.07) is 37.1. The summed E-state index contributed by atoms with van der Waals surface area (Å²) in [5.41, 5.74) is 2.64. The minimum Gasteiger partial charge on any atom is -0.497 e. The summed E-state index contributed by atoms with van der Waals surface area (Å²) in [5, 5.41) is 12.4. The molecule has 0 bridgehead atoms. The molecule has 6 aromatic rings. The number of carbonyl (C=O) groups excluding carboxylic acids is 1. The van der Waals surface area contributed by atoms with Gasteiger partial charge in [0.2, 0.25) is 0 Å². The number of ether oxygens (including phenoxy) is 4. The molecule has 0 saturated carbocycles. The molecule has 70 heavy (non-hydrogen) atoms. The van der Waals surface area contributed by atoms with Gasteiger partial charge in [-0.05, 0) is 98.9 Å². The fraction of sp³-hybridized carbons (Fsp3) is 0.415. The van der Waals surface area contributed by atoms with Crippen LogP contribution in [0.5, 0.6) is 11.5 Å². The first-order valence-electron chi connectivity index (χ1n) is 23.6. The van der Waals surface area contributed by atoms with Gasteiger partial charge >= 0.3 is 0 Å². The van der Waals surface area contributed by atoms with Crippen LogP contribution in [0.1, 0.15) is 88.2 Å². The van der Waals surface area contributed by atoms with E-state index in [1.807, 2.05) is 77.4 Å². The van der Waals surface area contributed by atoms with E-state index in [1.54, 1.807) is 44.8 Å². The minimum atomic E-state index is -2.65. The minimum absolute atomic E-state index is 0.00550. The number of imidazole rings is 1. The summed E-state index contributed by atoms with van der Waals surface area (Å²) < 4.78 is 51.7. The van der Waals surface area contributed by atoms with Crippen LogP contribution in [0.4, 0.5) is 5.82 Å². The Kier molecular flexibility index (Phi) is 16.9. The van der Waals surface area contributed by atoms with Crippen LogP contribution in [0.25, 0.3) is 11.2 Å². The highest BCUT2D eigenvalue weighted by molar-refractivity contribution is 7.44. The zero-order valence-electron chi connectivity index (χ0n) is 42.0. The third-order valence-electron chi connectivity index (χ3n) is 12.9. The molecule has 1 aliphatic rings. The molecule has 370 valence electrons. The van der Waals surface area contributed by atoms with Crippen LogP contribution in [-0.4, -0.2) is 96.2 Å². The Labute approximate surface area is 414 Å². The SMILES string of the molecule is COc1ccc(C(OC[C@H]2O[C@@H](n3cnc4c(NC(=O)c5ccccc5)ncnc43)C(OP(OCCC#N)N(C(C)C)C(C)C)[C@H]2O[Si](C)(C)C(C)(C)C)(c2ccccc2)c2ccc(OC)cc2)cc1. The highest BCUT2D eigenvalue weighted by atomic mass is 31.2. The molecule has 4 aromatic carbocycles. The summed E-state index contributed by atoms with van der Waals surface area (Å²) in [4.78, 5) is 27.5. The number of fused-ring (bicyclic) bond motifs is 1. The van der Waals surface area contributed by atoms with Gasteiger partial charge in [0.15, 0.2) is 31.5 Å². The highest BCUT2D eigenvalue weighted by Gasteiger charge is 2.54. The summed E-state index contributed by atoms with van der Waals surface area (Å²) in [6.07, 6.45) is -0.0636. The molecule has 5 atom stereocenters. The molecule has 0 radical (unpaired) electrons. The average Bonchev–Trinajstić information content (AvgIpc) is 3.93. The van der Waals surface area contributed by atoms with Gasteiger partial charge in [0.1, 0.15) is 41.7 Å². The van der Waals surface area contributed by atoms with Crippen molar-refractivity contribution in [2.75, 3.05) is 32.8 Å². The van der Waals surface area contributed by atoms with Crippen molar-refractivity contribution in [2.24, 2.45) is 0 Å². The van der Waals surface area contributed by atoms with E-state index in [2.05, 4.69) is 94.7 Å². The predicted octanol–water partition coefficient (Wildman–Crippen LogP) is 11.1. The number of aromatic nitrogens is 4. The fourth-order valence-electron chi connectivity index (χ4n) is 8.42. The Balaban J connectivity index is 1.40. The second-order valence-corrected chi connectivity index (χ2v) is 25.4. The van der Waals surface area contributed by atoms with Crippen molar-refractivity contribution in [3.05, 3.63) is 144 Å². The van der Waals surface area contributed by atoms with Gasteiger partial charge in [-0.15, -0.1) is 0 Å². The lowest BCUT2D eigenvalue weighted by Gasteiger charge is -2.43. The lowest BCUT2D eigenvalue weighted by molar-refractivity contribution is -0.0928. The Morgan fingerprint density at radius 1 is 0.829 bits per heavy atom. The molecule has 1 fully saturated rings. The van der Waals surface area contributed by atoms with E-state index in [9.17, 15) is 10.1 Å². The van der Waals surface area contributed by atoms with E-state index in [4.69, 9.17) is 42.4 Å². The quantitative estimate of drug-likeness (QED) is 0.0314. The number of hydrogen-bond acceptors (Lipinski definition) is 13. The van der Waals surface area contributed by atoms with Crippen molar-refractivity contribution >= 4 is 39.7 Å². The van der Waals surface area contributed by atoms with E-state index in [1.165, 1.54) is 6.33 Å². The number of nitrogens with zero attached hydrogens (tertiary/aromatic N) is 6. The van der Waals surface area contributed by atoms with Crippen molar-refractivity contribution in [3.63, 3.8) is 0 Å². The van der Waals surface area contributed by atoms with Gasteiger partial charge in [0.25, 0.3) is 14.4 Å². The lowest BCUT2D eigenvalue weighted by Crippen LogP contribution is -2.51. The van der Waals surface area contributed by atoms with Crippen LogP contribution < -0.4 is 14.8 Å². The van der Waals surface area contributed by atoms with Crippen LogP contribution in [0.2, 0.25) is 18.1 Å². The van der Waals surface area contributed by atoms with E-state index in [0.717, 1.165) is 16.7 Å². The summed E-state index contributed by atoms with van der Waals surface area (Å²) in [6.45, 7) is 19.6. The number of carbonyl (C=O) groups is 1. The van der Waals surface area contributed by atoms with Gasteiger partial charge in [0.05, 0.1) is 46.3 Å². The third kappa shape index (κ3) is 11.3. The van der Waals surface area contributed by atoms with Gasteiger partial charge in [-0.2, -0.15) is 5.26 Å². The number of rotatable bonds is 21. The van der Waals surface area contributed by atoms with E-state index < -0.39 is 47.0 Å². The standard InChI is InChI=1S/C53H66N7O8PSi/c1-36(2)60(37(3)4)69(65-32-18-31-54)67-47-46(68-70(10,11)52(5,6)7)44(66-51(47)59-35-57-45-48(55-34-56-49(45)59)58-50(61)38-19-14-12-15-20-38)33-64-53(39-21-16-13-17-22-39,40-23-27-42(62-8)28-24-40)41-25-29-43(63-9)30-26-41/h12-17,19-30,34-37,44,46-47,51H,18,32-33H2,1-11H3,(H,55,56,58,61)/t44-,46+,47?,51-,69?/m1/s1. The Morgan fingerprint density at radius 3 is 1.94 bits per heavy atom. The first-order chi connectivity index (χ1) is 33.5. The van der Waals surface area contributed by atoms with Crippen LogP contribution in [0.15, 0.2) is 122 Å². The smallest absolute Gasteiger partial charge is 0.259 e. The zero-order chi connectivity index (χ0) is 50.2. The zero-order valence-corrected chi connectivity index (χ0v) is 43.9. The van der Waals surface area contributed by atoms with Crippen LogP contribution >= 0.6 is 8.53 Å². The maximum Gasteiger partial charge on any atom is 0.259 e. The predicted molar refractivity (Wildman–Crippen MR) is 274 cm³/mol. The number of nitrogens with one attached hydrogen (secondary N) is 1. The van der Waals surface area contributed by atoms with E-state index in [0.29, 0.717) is 28.2 Å². The molecule has 2 aromatic heterocycles. The van der Waals surface area contributed by atoms with Crippen molar-refractivity contribution in [1.82, 2.24) is 24.2 Å².